The number of carboxylic acids is 1. The second-order valence-corrected chi connectivity index (χ2v) is 4.36. The van der Waals surface area contributed by atoms with E-state index in [4.69, 9.17) is 0 Å². The minimum Gasteiger partial charge on any atom is -0.481 e. The van der Waals surface area contributed by atoms with E-state index in [0.29, 0.717) is 31.4 Å². The lowest BCUT2D eigenvalue weighted by molar-refractivity contribution is -0.146. The Morgan fingerprint density at radius 2 is 2.19 bits per heavy atom. The SMILES string of the molecule is Cn1nncc1C1(C(=O)O)CCC(O)CC1. The Balaban J connectivity index is 2.37. The lowest BCUT2D eigenvalue weighted by Gasteiger charge is -2.34. The van der Waals surface area contributed by atoms with Gasteiger partial charge in [0.25, 0.3) is 0 Å². The van der Waals surface area contributed by atoms with E-state index >= 15 is 0 Å². The molecule has 0 amide bonds. The van der Waals surface area contributed by atoms with Gasteiger partial charge in [-0.25, -0.2) is 0 Å². The van der Waals surface area contributed by atoms with Crippen LogP contribution in [0.3, 0.4) is 0 Å². The van der Waals surface area contributed by atoms with E-state index in [2.05, 4.69) is 10.3 Å². The molecule has 1 heterocycles. The summed E-state index contributed by atoms with van der Waals surface area (Å²) in [5, 5.41) is 26.4. The van der Waals surface area contributed by atoms with Gasteiger partial charge in [0.05, 0.1) is 18.0 Å². The number of hydrogen-bond donors (Lipinski definition) is 2. The molecule has 0 aliphatic heterocycles. The molecule has 1 saturated carbocycles. The van der Waals surface area contributed by atoms with Crippen LogP contribution in [0.15, 0.2) is 6.20 Å². The predicted molar refractivity (Wildman–Crippen MR) is 54.8 cm³/mol. The Kier molecular flexibility index (Phi) is 2.67. The minimum atomic E-state index is -0.933. The molecule has 88 valence electrons. The number of nitrogens with zero attached hydrogens (tertiary/aromatic N) is 3. The fourth-order valence-electron chi connectivity index (χ4n) is 2.40. The maximum atomic E-state index is 11.5. The Bertz CT molecular complexity index is 394. The van der Waals surface area contributed by atoms with Gasteiger partial charge in [0, 0.05) is 7.05 Å². The van der Waals surface area contributed by atoms with Crippen molar-refractivity contribution in [2.75, 3.05) is 0 Å². The molecule has 1 aliphatic carbocycles. The van der Waals surface area contributed by atoms with Crippen LogP contribution in [0.2, 0.25) is 0 Å². The van der Waals surface area contributed by atoms with Crippen LogP contribution in [0, 0.1) is 0 Å². The third-order valence-electron chi connectivity index (χ3n) is 3.42. The van der Waals surface area contributed by atoms with Crippen molar-refractivity contribution >= 4 is 5.97 Å². The lowest BCUT2D eigenvalue weighted by Crippen LogP contribution is -2.42. The molecule has 2 N–H and O–H groups in total. The van der Waals surface area contributed by atoms with E-state index in [0.717, 1.165) is 0 Å². The highest BCUT2D eigenvalue weighted by atomic mass is 16.4. The number of hydrogen-bond acceptors (Lipinski definition) is 4. The molecule has 0 aromatic carbocycles. The Morgan fingerprint density at radius 3 is 2.62 bits per heavy atom. The molecule has 0 radical (unpaired) electrons. The molecule has 0 unspecified atom stereocenters. The van der Waals surface area contributed by atoms with Crippen LogP contribution in [0.25, 0.3) is 0 Å². The molecule has 0 spiro atoms. The number of aliphatic hydroxyl groups excluding tert-OH is 1. The average molecular weight is 225 g/mol. The standard InChI is InChI=1S/C10H15N3O3/c1-13-8(6-11-12-13)10(9(15)16)4-2-7(14)3-5-10/h6-7,14H,2-5H2,1H3,(H,15,16). The molecule has 1 aromatic rings. The number of aryl methyl sites for hydroxylation is 1. The molecule has 6 nitrogen and oxygen atoms in total. The molecule has 2 rings (SSSR count). The zero-order valence-corrected chi connectivity index (χ0v) is 9.13. The molecule has 1 fully saturated rings. The van der Waals surface area contributed by atoms with E-state index in [1.807, 2.05) is 0 Å². The van der Waals surface area contributed by atoms with Crippen molar-refractivity contribution in [2.24, 2.45) is 7.05 Å². The van der Waals surface area contributed by atoms with Gasteiger partial charge in [-0.2, -0.15) is 0 Å². The summed E-state index contributed by atoms with van der Waals surface area (Å²) in [7, 11) is 1.69. The summed E-state index contributed by atoms with van der Waals surface area (Å²) >= 11 is 0. The summed E-state index contributed by atoms with van der Waals surface area (Å²) in [4.78, 5) is 11.5. The van der Waals surface area contributed by atoms with E-state index in [1.54, 1.807) is 7.05 Å². The zero-order chi connectivity index (χ0) is 11.8. The van der Waals surface area contributed by atoms with Crippen LogP contribution in [-0.4, -0.2) is 37.3 Å². The van der Waals surface area contributed by atoms with Crippen LogP contribution < -0.4 is 0 Å². The Labute approximate surface area is 92.9 Å². The van der Waals surface area contributed by atoms with E-state index in [-0.39, 0.29) is 6.10 Å². The van der Waals surface area contributed by atoms with Gasteiger partial charge >= 0.3 is 5.97 Å². The average Bonchev–Trinajstić information content (AvgIpc) is 2.66. The van der Waals surface area contributed by atoms with Crippen molar-refractivity contribution in [3.8, 4) is 0 Å². The quantitative estimate of drug-likeness (QED) is 0.743. The maximum Gasteiger partial charge on any atom is 0.315 e. The number of rotatable bonds is 2. The molecule has 0 bridgehead atoms. The Morgan fingerprint density at radius 1 is 1.56 bits per heavy atom. The first-order valence-electron chi connectivity index (χ1n) is 5.33. The van der Waals surface area contributed by atoms with Crippen molar-refractivity contribution in [2.45, 2.75) is 37.2 Å². The summed E-state index contributed by atoms with van der Waals surface area (Å²) in [6.45, 7) is 0. The monoisotopic (exact) mass is 225 g/mol. The zero-order valence-electron chi connectivity index (χ0n) is 9.13. The first-order valence-corrected chi connectivity index (χ1v) is 5.33. The molecule has 1 aromatic heterocycles. The first kappa shape index (κ1) is 11.1. The number of aliphatic hydroxyl groups is 1. The van der Waals surface area contributed by atoms with Gasteiger partial charge in [-0.05, 0) is 25.7 Å². The largest absolute Gasteiger partial charge is 0.481 e. The fraction of sp³-hybridized carbons (Fsp3) is 0.700. The predicted octanol–water partition coefficient (Wildman–Crippen LogP) is 0.0724. The highest BCUT2D eigenvalue weighted by Crippen LogP contribution is 2.39. The third kappa shape index (κ3) is 1.59. The molecule has 16 heavy (non-hydrogen) atoms. The highest BCUT2D eigenvalue weighted by molar-refractivity contribution is 5.80. The van der Waals surface area contributed by atoms with Gasteiger partial charge < -0.3 is 10.2 Å². The smallest absolute Gasteiger partial charge is 0.315 e. The highest BCUT2D eigenvalue weighted by Gasteiger charge is 2.45. The Hall–Kier alpha value is -1.43. The second kappa shape index (κ2) is 3.86. The van der Waals surface area contributed by atoms with Gasteiger partial charge in [-0.3, -0.25) is 9.48 Å². The normalized spacial score (nSPS) is 30.2. The minimum absolute atomic E-state index is 0.381. The molecule has 0 atom stereocenters. The van der Waals surface area contributed by atoms with Gasteiger partial charge in [-0.1, -0.05) is 5.21 Å². The van der Waals surface area contributed by atoms with Crippen molar-refractivity contribution in [1.82, 2.24) is 15.0 Å². The first-order chi connectivity index (χ1) is 7.56. The number of carbonyl (C=O) groups is 1. The second-order valence-electron chi connectivity index (χ2n) is 4.36. The summed E-state index contributed by atoms with van der Waals surface area (Å²) in [6.07, 6.45) is 3.02. The summed E-state index contributed by atoms with van der Waals surface area (Å²) in [5.74, 6) is -0.857. The van der Waals surface area contributed by atoms with Crippen molar-refractivity contribution < 1.29 is 15.0 Å². The summed E-state index contributed by atoms with van der Waals surface area (Å²) in [6, 6.07) is 0. The van der Waals surface area contributed by atoms with Crippen molar-refractivity contribution in [3.05, 3.63) is 11.9 Å². The molecular formula is C10H15N3O3. The molecule has 1 aliphatic rings. The number of carboxylic acid groups (broad SMARTS) is 1. The summed E-state index contributed by atoms with van der Waals surface area (Å²) in [5.41, 5.74) is -0.316. The number of aliphatic carboxylic acids is 1. The van der Waals surface area contributed by atoms with E-state index < -0.39 is 11.4 Å². The van der Waals surface area contributed by atoms with Crippen LogP contribution in [0.1, 0.15) is 31.4 Å². The van der Waals surface area contributed by atoms with Crippen LogP contribution in [0.5, 0.6) is 0 Å². The van der Waals surface area contributed by atoms with Gasteiger partial charge in [0.1, 0.15) is 5.41 Å². The van der Waals surface area contributed by atoms with Crippen LogP contribution >= 0.6 is 0 Å². The fourth-order valence-corrected chi connectivity index (χ4v) is 2.40. The van der Waals surface area contributed by atoms with Crippen molar-refractivity contribution in [3.63, 3.8) is 0 Å². The van der Waals surface area contributed by atoms with Crippen LogP contribution in [0.4, 0.5) is 0 Å². The molecule has 6 heteroatoms. The maximum absolute atomic E-state index is 11.5. The number of aromatic nitrogens is 3. The molecular weight excluding hydrogens is 210 g/mol. The third-order valence-corrected chi connectivity index (χ3v) is 3.42. The van der Waals surface area contributed by atoms with E-state index in [1.165, 1.54) is 10.9 Å². The topological polar surface area (TPSA) is 88.2 Å². The lowest BCUT2D eigenvalue weighted by atomic mass is 9.71. The summed E-state index contributed by atoms with van der Waals surface area (Å²) < 4.78 is 1.51. The van der Waals surface area contributed by atoms with Gasteiger partial charge in [0.2, 0.25) is 0 Å². The van der Waals surface area contributed by atoms with E-state index in [9.17, 15) is 15.0 Å². The van der Waals surface area contributed by atoms with Crippen molar-refractivity contribution in [1.29, 1.82) is 0 Å². The molecule has 0 saturated heterocycles. The van der Waals surface area contributed by atoms with Gasteiger partial charge in [-0.15, -0.1) is 5.10 Å². The van der Waals surface area contributed by atoms with Crippen LogP contribution in [-0.2, 0) is 17.3 Å². The van der Waals surface area contributed by atoms with Gasteiger partial charge in [0.15, 0.2) is 0 Å².